The van der Waals surface area contributed by atoms with Crippen molar-refractivity contribution in [2.75, 3.05) is 63.9 Å². The fourth-order valence-electron chi connectivity index (χ4n) is 13.8. The third-order valence-electron chi connectivity index (χ3n) is 19.7. The van der Waals surface area contributed by atoms with Gasteiger partial charge in [0.2, 0.25) is 11.8 Å². The summed E-state index contributed by atoms with van der Waals surface area (Å²) in [5.41, 5.74) is 24.3. The number of nitrogen functional groups attached to an aromatic ring is 1. The molecule has 4 aliphatic rings. The van der Waals surface area contributed by atoms with E-state index in [1.807, 2.05) is 72.0 Å². The van der Waals surface area contributed by atoms with Crippen LogP contribution in [0.2, 0.25) is 0 Å². The normalized spacial score (nSPS) is 15.7. The average Bonchev–Trinajstić information content (AvgIpc) is 1.28. The first-order valence-electron chi connectivity index (χ1n) is 37.9. The molecule has 16 heteroatoms. The zero-order valence-corrected chi connectivity index (χ0v) is 64.6. The molecule has 5 atom stereocenters. The number of anilines is 2. The number of unbranched alkanes of at least 4 members (excludes halogenated alkanes) is 1. The lowest BCUT2D eigenvalue weighted by atomic mass is 9.86. The number of hydrogen-bond acceptors (Lipinski definition) is 13. The maximum Gasteiger partial charge on any atom is 0.234 e. The third kappa shape index (κ3) is 28.4. The number of ether oxygens (including phenoxy) is 1. The van der Waals surface area contributed by atoms with E-state index in [1.54, 1.807) is 24.3 Å². The maximum atomic E-state index is 13.1. The molecule has 0 saturated heterocycles. The van der Waals surface area contributed by atoms with Gasteiger partial charge in [0.05, 0.1) is 31.2 Å². The van der Waals surface area contributed by atoms with E-state index in [-0.39, 0.29) is 23.7 Å². The van der Waals surface area contributed by atoms with Gasteiger partial charge in [0.1, 0.15) is 23.9 Å². The zero-order valence-electron chi connectivity index (χ0n) is 63.0. The second kappa shape index (κ2) is 45.9. The number of likely N-dealkylation sites (N-methyl/N-ethyl adjacent to an activating group) is 1. The lowest BCUT2D eigenvalue weighted by Crippen LogP contribution is -2.41. The van der Waals surface area contributed by atoms with E-state index in [9.17, 15) is 19.1 Å². The largest absolute Gasteiger partial charge is 0.508 e. The summed E-state index contributed by atoms with van der Waals surface area (Å²) in [7, 11) is 2.06. The summed E-state index contributed by atoms with van der Waals surface area (Å²) in [6.45, 7) is 20.9. The number of benzene rings is 6. The highest BCUT2D eigenvalue weighted by Gasteiger charge is 2.27. The fourth-order valence-corrected chi connectivity index (χ4v) is 15.5. The predicted molar refractivity (Wildman–Crippen MR) is 433 cm³/mol. The van der Waals surface area contributed by atoms with Crippen molar-refractivity contribution in [3.05, 3.63) is 228 Å². The van der Waals surface area contributed by atoms with Crippen LogP contribution in [-0.4, -0.2) is 108 Å². The Labute approximate surface area is 630 Å². The highest BCUT2D eigenvalue weighted by Crippen LogP contribution is 2.35. The number of terminal acetylenes is 2. The lowest BCUT2D eigenvalue weighted by molar-refractivity contribution is -0.119. The molecule has 3 heterocycles. The van der Waals surface area contributed by atoms with E-state index in [0.29, 0.717) is 62.3 Å². The summed E-state index contributed by atoms with van der Waals surface area (Å²) in [5.74, 6) is 6.83. The molecule has 0 radical (unpaired) electrons. The average molecular weight is 1450 g/mol. The van der Waals surface area contributed by atoms with E-state index in [2.05, 4.69) is 167 Å². The van der Waals surface area contributed by atoms with E-state index < -0.39 is 0 Å². The molecule has 8 aromatic rings. The lowest BCUT2D eigenvalue weighted by Gasteiger charge is -2.35. The Hall–Kier alpha value is -8.16. The maximum absolute atomic E-state index is 13.1. The number of aromatic hydroxyl groups is 1. The zero-order chi connectivity index (χ0) is 74.4. The number of fused-ring (bicyclic) bond motifs is 4. The molecule has 0 fully saturated rings. The molecule has 2 amide bonds. The van der Waals surface area contributed by atoms with Gasteiger partial charge in [-0.15, -0.1) is 35.5 Å². The van der Waals surface area contributed by atoms with Crippen molar-refractivity contribution >= 4 is 45.3 Å². The highest BCUT2D eigenvalue weighted by molar-refractivity contribution is 7.15. The Morgan fingerprint density at radius 3 is 2.20 bits per heavy atom. The highest BCUT2D eigenvalue weighted by atomic mass is 32.1. The van der Waals surface area contributed by atoms with Crippen LogP contribution >= 0.6 is 22.7 Å². The molecule has 0 spiro atoms. The second-order valence-electron chi connectivity index (χ2n) is 27.7. The minimum Gasteiger partial charge on any atom is -0.508 e. The molecule has 3 aliphatic carbocycles. The van der Waals surface area contributed by atoms with Crippen LogP contribution in [0, 0.1) is 36.4 Å². The number of primary amides is 1. The number of phenols is 1. The van der Waals surface area contributed by atoms with E-state index in [0.717, 1.165) is 85.9 Å². The van der Waals surface area contributed by atoms with Crippen LogP contribution in [0.25, 0.3) is 0 Å². The van der Waals surface area contributed by atoms with Crippen LogP contribution in [-0.2, 0) is 80.5 Å². The van der Waals surface area contributed by atoms with Gasteiger partial charge in [-0.05, 0) is 234 Å². The Bertz CT molecular complexity index is 3880. The first-order valence-corrected chi connectivity index (χ1v) is 39.5. The fraction of sp³-hybridized carbons (Fsp3) is 0.443. The van der Waals surface area contributed by atoms with Gasteiger partial charge in [-0.3, -0.25) is 24.7 Å². The number of nitrogens with one attached hydrogen (secondary N) is 3. The number of nitrogens with zero attached hydrogens (tertiary/aromatic N) is 4. The molecule has 104 heavy (non-hydrogen) atoms. The number of halogens is 1. The molecule has 8 N–H and O–H groups in total. The van der Waals surface area contributed by atoms with Gasteiger partial charge >= 0.3 is 0 Å². The van der Waals surface area contributed by atoms with Crippen molar-refractivity contribution in [2.45, 2.75) is 194 Å². The molecule has 12 rings (SSSR count). The van der Waals surface area contributed by atoms with Crippen molar-refractivity contribution in [2.24, 2.45) is 11.7 Å². The second-order valence-corrected chi connectivity index (χ2v) is 29.9. The van der Waals surface area contributed by atoms with Gasteiger partial charge in [-0.25, -0.2) is 9.37 Å². The third-order valence-corrected chi connectivity index (χ3v) is 21.6. The summed E-state index contributed by atoms with van der Waals surface area (Å²) >= 11 is 3.55. The molecular formula is C88H116FN9O4S2. The number of aryl methyl sites for hydroxylation is 2. The number of phenolic OH excluding ortho intramolecular Hbond substituents is 1. The van der Waals surface area contributed by atoms with Crippen LogP contribution in [0.15, 0.2) is 157 Å². The number of carbonyl (C=O) groups excluding carboxylic acids is 2. The summed E-state index contributed by atoms with van der Waals surface area (Å²) in [6.07, 6.45) is 31.2. The molecule has 556 valence electrons. The van der Waals surface area contributed by atoms with E-state index in [4.69, 9.17) is 29.1 Å². The summed E-state index contributed by atoms with van der Waals surface area (Å²) in [5, 5.41) is 22.2. The van der Waals surface area contributed by atoms with Gasteiger partial charge < -0.3 is 36.8 Å². The van der Waals surface area contributed by atoms with Gasteiger partial charge in [0.25, 0.3) is 0 Å². The van der Waals surface area contributed by atoms with Gasteiger partial charge in [0, 0.05) is 53.2 Å². The monoisotopic (exact) mass is 1450 g/mol. The molecular weight excluding hydrogens is 1330 g/mol. The Morgan fingerprint density at radius 1 is 0.760 bits per heavy atom. The van der Waals surface area contributed by atoms with Gasteiger partial charge in [-0.2, -0.15) is 0 Å². The smallest absolute Gasteiger partial charge is 0.234 e. The first kappa shape index (κ1) is 83.1. The Kier molecular flexibility index (Phi) is 36.7. The van der Waals surface area contributed by atoms with Crippen molar-refractivity contribution in [1.29, 1.82) is 0 Å². The van der Waals surface area contributed by atoms with Crippen molar-refractivity contribution in [1.82, 2.24) is 30.3 Å². The number of rotatable bonds is 29. The number of thiophene rings is 1. The van der Waals surface area contributed by atoms with Crippen molar-refractivity contribution in [3.8, 4) is 36.2 Å². The van der Waals surface area contributed by atoms with Crippen molar-refractivity contribution in [3.63, 3.8) is 0 Å². The standard InChI is InChI=1S/C19H25NOS.C17H19FN2O2.C16H24N2O.C13H17N.C12H13N.C11H18N2S/c1-2-11-20(12-10-17-6-4-13-22-17)16-8-9-18-15(14-16)5-3-7-19(18)21;1-12(17(19)21)20-10-13-5-7-16(8-6-13)22-11-14-3-2-4-15(18)9-14;1-3-9-18(10-4-2)11-8-13-6-5-7-15-14(13)12-16(19)17-15;1-4-10-14(3)12(2)11-13-8-6-5-7-9-13;1-2-9-13-12-8-7-10-5-3-4-6-11(10)12;1-2-3-4-8-5-6-9-10(7-8)14-11(12)13-9/h3-7,13,16,21H,2,8-12,14H2,1H3;2-9,12,20H,10-11H2,1H3,(H2,19,21);5-7H,3-4,8-12H2,1-2H3,(H,17,19);1,5-9,12H,10-11H2,2-3H3;1,3-6,12-13H,7-9H2;8H,2-7H2,1H3,(H2,12,13)/t16-;12-;;2*12-;8-/m00.110/s1. The SMILES string of the molecule is C#CCN(C)[C@H](C)Cc1ccccc1.C#CCN[C@@H]1CCc2ccccc21.CCCC[C@H]1CCc2nc(N)sc2C1.CCCN(CCC)CCc1cccc2c1CC(=O)N2.CCCN(CCc1cccs1)[C@H]1CCc2c(O)cccc2C1.C[C@H](NCc1ccc(OCc2cccc(F)c2)cc1)C(N)=O. The molecule has 0 unspecified atom stereocenters. The first-order chi connectivity index (χ1) is 50.5. The molecule has 0 saturated carbocycles. The molecule has 0 bridgehead atoms. The van der Waals surface area contributed by atoms with Gasteiger partial charge in [0.15, 0.2) is 5.13 Å². The molecule has 6 aromatic carbocycles. The van der Waals surface area contributed by atoms with Crippen LogP contribution in [0.4, 0.5) is 15.2 Å². The number of nitrogens with two attached hydrogens (primary N) is 2. The minimum absolute atomic E-state index is 0.126. The molecule has 13 nitrogen and oxygen atoms in total. The number of hydrogen-bond donors (Lipinski definition) is 6. The van der Waals surface area contributed by atoms with Crippen LogP contribution < -0.4 is 32.2 Å². The summed E-state index contributed by atoms with van der Waals surface area (Å²) < 4.78 is 18.7. The quantitative estimate of drug-likeness (QED) is 0.0246. The number of aromatic nitrogens is 1. The summed E-state index contributed by atoms with van der Waals surface area (Å²) in [4.78, 5) is 37.1. The molecule has 1 aliphatic heterocycles. The number of carbonyl (C=O) groups is 2. The summed E-state index contributed by atoms with van der Waals surface area (Å²) in [6, 6.07) is 50.7. The van der Waals surface area contributed by atoms with E-state index >= 15 is 0 Å². The van der Waals surface area contributed by atoms with E-state index in [1.165, 1.54) is 150 Å². The van der Waals surface area contributed by atoms with Gasteiger partial charge in [-0.1, -0.05) is 168 Å². The minimum atomic E-state index is -0.380. The number of amides is 2. The number of thiazole rings is 1. The Balaban J connectivity index is 0.000000177. The van der Waals surface area contributed by atoms with Crippen LogP contribution in [0.3, 0.4) is 0 Å². The van der Waals surface area contributed by atoms with Crippen LogP contribution in [0.1, 0.15) is 171 Å². The van der Waals surface area contributed by atoms with Crippen LogP contribution in [0.5, 0.6) is 11.5 Å². The predicted octanol–water partition coefficient (Wildman–Crippen LogP) is 16.6. The topological polar surface area (TPSA) is 174 Å². The van der Waals surface area contributed by atoms with Crippen molar-refractivity contribution < 1.29 is 23.8 Å². The Morgan fingerprint density at radius 2 is 1.49 bits per heavy atom. The molecule has 2 aromatic heterocycles.